The van der Waals surface area contributed by atoms with Crippen LogP contribution in [0.1, 0.15) is 12.0 Å². The lowest BCUT2D eigenvalue weighted by molar-refractivity contribution is 0.283. The minimum Gasteiger partial charge on any atom is -0.396 e. The van der Waals surface area contributed by atoms with Gasteiger partial charge in [-0.1, -0.05) is 24.3 Å². The Hall–Kier alpha value is -0.390. The first-order valence-corrected chi connectivity index (χ1v) is 5.60. The van der Waals surface area contributed by atoms with Crippen LogP contribution in [0.5, 0.6) is 0 Å². The summed E-state index contributed by atoms with van der Waals surface area (Å²) in [6, 6.07) is 8.14. The van der Waals surface area contributed by atoms with Gasteiger partial charge in [0, 0.05) is 16.2 Å². The maximum Gasteiger partial charge on any atom is 0.0448 e. The number of nitrogens with two attached hydrogens (primary N) is 1. The fraction of sp³-hybridized carbons (Fsp3) is 0.273. The maximum atomic E-state index is 8.66. The van der Waals surface area contributed by atoms with E-state index in [1.165, 1.54) is 3.57 Å². The molecule has 0 fully saturated rings. The molecule has 3 heteroatoms. The molecule has 0 aliphatic carbocycles. The van der Waals surface area contributed by atoms with Crippen LogP contribution in [-0.2, 0) is 0 Å². The molecule has 0 heterocycles. The van der Waals surface area contributed by atoms with E-state index in [4.69, 9.17) is 10.8 Å². The highest BCUT2D eigenvalue weighted by atomic mass is 127. The lowest BCUT2D eigenvalue weighted by atomic mass is 10.1. The molecule has 76 valence electrons. The van der Waals surface area contributed by atoms with Crippen LogP contribution in [0.3, 0.4) is 0 Å². The molecule has 1 aromatic carbocycles. The summed E-state index contributed by atoms with van der Waals surface area (Å²) >= 11 is 2.27. The van der Waals surface area contributed by atoms with E-state index in [1.54, 1.807) is 0 Å². The number of benzene rings is 1. The van der Waals surface area contributed by atoms with Gasteiger partial charge >= 0.3 is 0 Å². The number of hydrogen-bond donors (Lipinski definition) is 2. The van der Waals surface area contributed by atoms with Crippen molar-refractivity contribution < 1.29 is 5.11 Å². The predicted molar refractivity (Wildman–Crippen MR) is 67.9 cm³/mol. The lowest BCUT2D eigenvalue weighted by Crippen LogP contribution is -2.17. The molecule has 0 bridgehead atoms. The summed E-state index contributed by atoms with van der Waals surface area (Å²) in [6.45, 7) is 0.137. The molecule has 0 aromatic heterocycles. The van der Waals surface area contributed by atoms with Crippen molar-refractivity contribution in [2.45, 2.75) is 12.5 Å². The molecule has 0 aliphatic heterocycles. The summed E-state index contributed by atoms with van der Waals surface area (Å²) in [7, 11) is 0. The second-order valence-corrected chi connectivity index (χ2v) is 4.33. The van der Waals surface area contributed by atoms with Gasteiger partial charge in [-0.25, -0.2) is 0 Å². The van der Waals surface area contributed by atoms with E-state index in [-0.39, 0.29) is 12.6 Å². The van der Waals surface area contributed by atoms with Crippen LogP contribution in [0, 0.1) is 3.57 Å². The molecule has 0 saturated heterocycles. The summed E-state index contributed by atoms with van der Waals surface area (Å²) in [5, 5.41) is 8.66. The van der Waals surface area contributed by atoms with Gasteiger partial charge in [0.1, 0.15) is 0 Å². The standard InChI is InChI=1S/C11H14INO/c12-10-4-1-9(2-5-10)3-6-11(13)7-8-14/h1-6,11,14H,7-8,13H2/b6-3+/t11-/m0/s1. The van der Waals surface area contributed by atoms with Crippen LogP contribution < -0.4 is 5.73 Å². The highest BCUT2D eigenvalue weighted by molar-refractivity contribution is 14.1. The highest BCUT2D eigenvalue weighted by Gasteiger charge is 1.94. The number of rotatable bonds is 4. The van der Waals surface area contributed by atoms with Gasteiger partial charge in [0.25, 0.3) is 0 Å². The lowest BCUT2D eigenvalue weighted by Gasteiger charge is -2.02. The van der Waals surface area contributed by atoms with E-state index in [2.05, 4.69) is 34.7 Å². The van der Waals surface area contributed by atoms with Gasteiger partial charge in [-0.05, 0) is 46.7 Å². The molecule has 1 aromatic rings. The third-order valence-corrected chi connectivity index (χ3v) is 2.59. The monoisotopic (exact) mass is 303 g/mol. The van der Waals surface area contributed by atoms with Gasteiger partial charge in [-0.2, -0.15) is 0 Å². The molecule has 1 rings (SSSR count). The Morgan fingerprint density at radius 2 is 2.00 bits per heavy atom. The smallest absolute Gasteiger partial charge is 0.0448 e. The van der Waals surface area contributed by atoms with Gasteiger partial charge < -0.3 is 10.8 Å². The minimum absolute atomic E-state index is 0.0562. The van der Waals surface area contributed by atoms with Gasteiger partial charge in [-0.15, -0.1) is 0 Å². The Morgan fingerprint density at radius 1 is 1.36 bits per heavy atom. The van der Waals surface area contributed by atoms with Crippen LogP contribution in [0.4, 0.5) is 0 Å². The summed E-state index contributed by atoms with van der Waals surface area (Å²) < 4.78 is 1.22. The second kappa shape index (κ2) is 6.16. The molecule has 3 N–H and O–H groups in total. The molecular formula is C11H14INO. The fourth-order valence-electron chi connectivity index (χ4n) is 1.05. The minimum atomic E-state index is -0.0562. The molecule has 0 amide bonds. The Balaban J connectivity index is 2.55. The SMILES string of the molecule is N[C@@H](/C=C/c1ccc(I)cc1)CCO. The van der Waals surface area contributed by atoms with Gasteiger partial charge in [-0.3, -0.25) is 0 Å². The van der Waals surface area contributed by atoms with Crippen LogP contribution >= 0.6 is 22.6 Å². The van der Waals surface area contributed by atoms with Gasteiger partial charge in [0.15, 0.2) is 0 Å². The van der Waals surface area contributed by atoms with Crippen LogP contribution in [0.2, 0.25) is 0 Å². The van der Waals surface area contributed by atoms with Crippen molar-refractivity contribution in [2.24, 2.45) is 5.73 Å². The summed E-state index contributed by atoms with van der Waals surface area (Å²) in [4.78, 5) is 0. The quantitative estimate of drug-likeness (QED) is 0.836. The van der Waals surface area contributed by atoms with Crippen molar-refractivity contribution >= 4 is 28.7 Å². The Bertz CT molecular complexity index is 295. The van der Waals surface area contributed by atoms with Crippen LogP contribution in [-0.4, -0.2) is 17.8 Å². The Kier molecular flexibility index (Phi) is 5.14. The summed E-state index contributed by atoms with van der Waals surface area (Å²) in [6.07, 6.45) is 4.51. The second-order valence-electron chi connectivity index (χ2n) is 3.09. The van der Waals surface area contributed by atoms with Gasteiger partial charge in [0.05, 0.1) is 0 Å². The van der Waals surface area contributed by atoms with E-state index in [1.807, 2.05) is 24.3 Å². The topological polar surface area (TPSA) is 46.2 Å². The average molecular weight is 303 g/mol. The largest absolute Gasteiger partial charge is 0.396 e. The highest BCUT2D eigenvalue weighted by Crippen LogP contribution is 2.08. The average Bonchev–Trinajstić information content (AvgIpc) is 2.17. The Labute approximate surface area is 98.0 Å². The first-order chi connectivity index (χ1) is 6.72. The van der Waals surface area contributed by atoms with E-state index in [9.17, 15) is 0 Å². The van der Waals surface area contributed by atoms with Gasteiger partial charge in [0.2, 0.25) is 0 Å². The Morgan fingerprint density at radius 3 is 2.57 bits per heavy atom. The van der Waals surface area contributed by atoms with Crippen molar-refractivity contribution in [1.82, 2.24) is 0 Å². The van der Waals surface area contributed by atoms with Crippen LogP contribution in [0.15, 0.2) is 30.3 Å². The van der Waals surface area contributed by atoms with E-state index in [0.29, 0.717) is 6.42 Å². The predicted octanol–water partition coefficient (Wildman–Crippen LogP) is 2.01. The summed E-state index contributed by atoms with van der Waals surface area (Å²) in [5.41, 5.74) is 6.85. The number of halogens is 1. The zero-order chi connectivity index (χ0) is 10.4. The normalized spacial score (nSPS) is 13.4. The molecule has 0 unspecified atom stereocenters. The molecule has 1 atom stereocenters. The first-order valence-electron chi connectivity index (χ1n) is 4.52. The number of aliphatic hydroxyl groups is 1. The third kappa shape index (κ3) is 4.21. The number of aliphatic hydroxyl groups excluding tert-OH is 1. The summed E-state index contributed by atoms with van der Waals surface area (Å²) in [5.74, 6) is 0. The molecule has 14 heavy (non-hydrogen) atoms. The van der Waals surface area contributed by atoms with E-state index >= 15 is 0 Å². The van der Waals surface area contributed by atoms with E-state index in [0.717, 1.165) is 5.56 Å². The number of hydrogen-bond acceptors (Lipinski definition) is 2. The van der Waals surface area contributed by atoms with Crippen molar-refractivity contribution in [3.05, 3.63) is 39.5 Å². The molecule has 2 nitrogen and oxygen atoms in total. The van der Waals surface area contributed by atoms with E-state index < -0.39 is 0 Å². The fourth-order valence-corrected chi connectivity index (χ4v) is 1.41. The molecule has 0 spiro atoms. The van der Waals surface area contributed by atoms with Crippen molar-refractivity contribution in [3.63, 3.8) is 0 Å². The molecular weight excluding hydrogens is 289 g/mol. The molecule has 0 radical (unpaired) electrons. The van der Waals surface area contributed by atoms with Crippen LogP contribution in [0.25, 0.3) is 6.08 Å². The molecule has 0 saturated carbocycles. The zero-order valence-electron chi connectivity index (χ0n) is 7.86. The third-order valence-electron chi connectivity index (χ3n) is 1.87. The molecule has 0 aliphatic rings. The first kappa shape index (κ1) is 11.7. The van der Waals surface area contributed by atoms with Crippen molar-refractivity contribution in [3.8, 4) is 0 Å². The maximum absolute atomic E-state index is 8.66. The van der Waals surface area contributed by atoms with Crippen molar-refractivity contribution in [2.75, 3.05) is 6.61 Å². The van der Waals surface area contributed by atoms with Crippen molar-refractivity contribution in [1.29, 1.82) is 0 Å². The zero-order valence-corrected chi connectivity index (χ0v) is 10.0.